The van der Waals surface area contributed by atoms with Gasteiger partial charge in [-0.2, -0.15) is 0 Å². The Balaban J connectivity index is 2.60. The van der Waals surface area contributed by atoms with Gasteiger partial charge in [-0.05, 0) is 0 Å². The Labute approximate surface area is 56.3 Å². The van der Waals surface area contributed by atoms with Crippen molar-refractivity contribution in [2.75, 3.05) is 40.5 Å². The molecule has 0 spiro atoms. The van der Waals surface area contributed by atoms with E-state index in [-0.39, 0.29) is 0 Å². The van der Waals surface area contributed by atoms with Crippen LogP contribution >= 0.6 is 0 Å². The zero-order valence-corrected chi connectivity index (χ0v) is 6.09. The Kier molecular flexibility index (Phi) is 7.77. The van der Waals surface area contributed by atoms with Gasteiger partial charge in [-0.1, -0.05) is 0 Å². The lowest BCUT2D eigenvalue weighted by atomic mass is 10.6. The van der Waals surface area contributed by atoms with Crippen molar-refractivity contribution in [3.05, 3.63) is 0 Å². The molecular formula is C6H14NO2. The number of methoxy groups -OCH3 is 2. The van der Waals surface area contributed by atoms with Crippen LogP contribution in [0.3, 0.4) is 0 Å². The topological polar surface area (TPSA) is 32.6 Å². The van der Waals surface area contributed by atoms with Gasteiger partial charge in [0.15, 0.2) is 0 Å². The first kappa shape index (κ1) is 8.88. The minimum absolute atomic E-state index is 0.712. The minimum atomic E-state index is 0.712. The maximum absolute atomic E-state index is 4.79. The summed E-state index contributed by atoms with van der Waals surface area (Å²) in [5, 5.41) is 4.10. The van der Waals surface area contributed by atoms with Crippen LogP contribution < -0.4 is 5.32 Å². The van der Waals surface area contributed by atoms with Crippen molar-refractivity contribution in [2.24, 2.45) is 0 Å². The molecule has 0 unspecified atom stereocenters. The molecule has 3 nitrogen and oxygen atoms in total. The van der Waals surface area contributed by atoms with E-state index in [1.807, 2.05) is 0 Å². The Morgan fingerprint density at radius 3 is 1.78 bits per heavy atom. The summed E-state index contributed by atoms with van der Waals surface area (Å²) in [4.78, 5) is 0. The van der Waals surface area contributed by atoms with E-state index in [2.05, 4.69) is 5.32 Å². The average Bonchev–Trinajstić information content (AvgIpc) is 1.89. The largest absolute Gasteiger partial charge is 0.383 e. The number of nitrogens with zero attached hydrogens (tertiary/aromatic N) is 1. The van der Waals surface area contributed by atoms with Crippen LogP contribution in [0.2, 0.25) is 0 Å². The molecule has 0 amide bonds. The predicted molar refractivity (Wildman–Crippen MR) is 35.6 cm³/mol. The van der Waals surface area contributed by atoms with Crippen molar-refractivity contribution in [3.8, 4) is 0 Å². The fraction of sp³-hybridized carbons (Fsp3) is 1.00. The first-order valence-electron chi connectivity index (χ1n) is 3.03. The molecule has 0 aromatic rings. The molecule has 0 saturated heterocycles. The SMILES string of the molecule is COCC[N]CCOC. The lowest BCUT2D eigenvalue weighted by Crippen LogP contribution is -2.16. The van der Waals surface area contributed by atoms with E-state index in [1.54, 1.807) is 14.2 Å². The predicted octanol–water partition coefficient (Wildman–Crippen LogP) is -0.116. The van der Waals surface area contributed by atoms with Crippen LogP contribution in [0, 0.1) is 0 Å². The molecular weight excluding hydrogens is 118 g/mol. The van der Waals surface area contributed by atoms with Crippen LogP contribution in [-0.4, -0.2) is 40.5 Å². The Bertz CT molecular complexity index is 44.3. The van der Waals surface area contributed by atoms with Gasteiger partial charge in [0.2, 0.25) is 0 Å². The lowest BCUT2D eigenvalue weighted by Gasteiger charge is -1.98. The summed E-state index contributed by atoms with van der Waals surface area (Å²) in [6.07, 6.45) is 0. The van der Waals surface area contributed by atoms with Crippen molar-refractivity contribution >= 4 is 0 Å². The molecule has 9 heavy (non-hydrogen) atoms. The van der Waals surface area contributed by atoms with Gasteiger partial charge in [0.1, 0.15) is 0 Å². The van der Waals surface area contributed by atoms with Crippen molar-refractivity contribution < 1.29 is 9.47 Å². The summed E-state index contributed by atoms with van der Waals surface area (Å²) in [5.74, 6) is 0. The Hall–Kier alpha value is -0.120. The van der Waals surface area contributed by atoms with Gasteiger partial charge in [-0.3, -0.25) is 0 Å². The van der Waals surface area contributed by atoms with Crippen LogP contribution in [0.4, 0.5) is 0 Å². The summed E-state index contributed by atoms with van der Waals surface area (Å²) in [6.45, 7) is 2.98. The molecule has 0 bridgehead atoms. The highest BCUT2D eigenvalue weighted by molar-refractivity contribution is 4.41. The monoisotopic (exact) mass is 132 g/mol. The van der Waals surface area contributed by atoms with E-state index >= 15 is 0 Å². The smallest absolute Gasteiger partial charge is 0.0603 e. The Morgan fingerprint density at radius 1 is 1.00 bits per heavy atom. The molecule has 0 fully saturated rings. The van der Waals surface area contributed by atoms with Gasteiger partial charge in [0.05, 0.1) is 13.2 Å². The van der Waals surface area contributed by atoms with Gasteiger partial charge < -0.3 is 9.47 Å². The summed E-state index contributed by atoms with van der Waals surface area (Å²) in [6, 6.07) is 0. The fourth-order valence-electron chi connectivity index (χ4n) is 0.423. The Morgan fingerprint density at radius 2 is 1.44 bits per heavy atom. The third kappa shape index (κ3) is 7.88. The highest BCUT2D eigenvalue weighted by Gasteiger charge is 1.85. The molecule has 0 rings (SSSR count). The normalized spacial score (nSPS) is 10.0. The molecule has 0 heterocycles. The van der Waals surface area contributed by atoms with Crippen LogP contribution in [0.25, 0.3) is 0 Å². The molecule has 3 heteroatoms. The van der Waals surface area contributed by atoms with Crippen molar-refractivity contribution in [1.29, 1.82) is 0 Å². The van der Waals surface area contributed by atoms with Gasteiger partial charge in [-0.15, -0.1) is 0 Å². The molecule has 55 valence electrons. The second kappa shape index (κ2) is 7.88. The molecule has 0 atom stereocenters. The molecule has 0 aliphatic rings. The maximum atomic E-state index is 4.79. The summed E-state index contributed by atoms with van der Waals surface area (Å²) in [5.41, 5.74) is 0. The number of rotatable bonds is 6. The van der Waals surface area contributed by atoms with Gasteiger partial charge in [-0.25, -0.2) is 5.32 Å². The third-order valence-corrected chi connectivity index (χ3v) is 0.907. The summed E-state index contributed by atoms with van der Waals surface area (Å²) in [7, 11) is 3.34. The minimum Gasteiger partial charge on any atom is -0.383 e. The van der Waals surface area contributed by atoms with Crippen molar-refractivity contribution in [1.82, 2.24) is 5.32 Å². The summed E-state index contributed by atoms with van der Waals surface area (Å²) >= 11 is 0. The van der Waals surface area contributed by atoms with Crippen molar-refractivity contribution in [2.45, 2.75) is 0 Å². The second-order valence-electron chi connectivity index (χ2n) is 1.66. The second-order valence-corrected chi connectivity index (χ2v) is 1.66. The molecule has 0 saturated carbocycles. The zero-order chi connectivity index (χ0) is 6.95. The van der Waals surface area contributed by atoms with Gasteiger partial charge in [0, 0.05) is 27.3 Å². The quantitative estimate of drug-likeness (QED) is 0.472. The molecule has 0 aromatic carbocycles. The van der Waals surface area contributed by atoms with E-state index in [1.165, 1.54) is 0 Å². The number of hydrogen-bond donors (Lipinski definition) is 0. The van der Waals surface area contributed by atoms with E-state index in [0.717, 1.165) is 13.1 Å². The van der Waals surface area contributed by atoms with Crippen molar-refractivity contribution in [3.63, 3.8) is 0 Å². The number of ether oxygens (including phenoxy) is 2. The maximum Gasteiger partial charge on any atom is 0.0603 e. The van der Waals surface area contributed by atoms with E-state index in [0.29, 0.717) is 13.2 Å². The van der Waals surface area contributed by atoms with Crippen LogP contribution in [0.1, 0.15) is 0 Å². The fourth-order valence-corrected chi connectivity index (χ4v) is 0.423. The highest BCUT2D eigenvalue weighted by Crippen LogP contribution is 1.68. The third-order valence-electron chi connectivity index (χ3n) is 0.907. The van der Waals surface area contributed by atoms with E-state index < -0.39 is 0 Å². The molecule has 0 aliphatic carbocycles. The van der Waals surface area contributed by atoms with Crippen LogP contribution in [0.15, 0.2) is 0 Å². The molecule has 0 aromatic heterocycles. The molecule has 0 N–H and O–H groups in total. The highest BCUT2D eigenvalue weighted by atomic mass is 16.5. The van der Waals surface area contributed by atoms with Gasteiger partial charge in [0.25, 0.3) is 0 Å². The number of hydrogen-bond acceptors (Lipinski definition) is 2. The average molecular weight is 132 g/mol. The first-order valence-corrected chi connectivity index (χ1v) is 3.03. The van der Waals surface area contributed by atoms with E-state index in [9.17, 15) is 0 Å². The standard InChI is InChI=1S/C6H14NO2/c1-8-5-3-7-4-6-9-2/h3-6H2,1-2H3. The summed E-state index contributed by atoms with van der Waals surface area (Å²) < 4.78 is 9.57. The van der Waals surface area contributed by atoms with E-state index in [4.69, 9.17) is 9.47 Å². The molecule has 0 aliphatic heterocycles. The van der Waals surface area contributed by atoms with Crippen LogP contribution in [-0.2, 0) is 9.47 Å². The lowest BCUT2D eigenvalue weighted by molar-refractivity contribution is 0.179. The zero-order valence-electron chi connectivity index (χ0n) is 6.09. The molecule has 1 radical (unpaired) electrons. The first-order chi connectivity index (χ1) is 4.41. The van der Waals surface area contributed by atoms with Gasteiger partial charge >= 0.3 is 0 Å². The van der Waals surface area contributed by atoms with Crippen LogP contribution in [0.5, 0.6) is 0 Å².